The molecule has 0 saturated carbocycles. The van der Waals surface area contributed by atoms with E-state index in [9.17, 15) is 13.2 Å². The third kappa shape index (κ3) is 4.65. The Bertz CT molecular complexity index is 1600. The standard InChI is InChI=1S/C22H17ClN4O3S3/c1-33(29,30)16-7-8-17-19(10-16)32-21(24-17)26-20(28)9-6-15-12-31-22-25-18(11-27(15)22)13-2-4-14(23)5-3-13/h2-5,7-8,10-12H,6,9H2,1H3,(H,24,26,28). The second-order valence-corrected chi connectivity index (χ2v) is 11.8. The molecule has 0 radical (unpaired) electrons. The van der Waals surface area contributed by atoms with Crippen molar-refractivity contribution in [3.63, 3.8) is 0 Å². The number of carbonyl (C=O) groups is 1. The second-order valence-electron chi connectivity index (χ2n) is 7.48. The van der Waals surface area contributed by atoms with Gasteiger partial charge in [0.2, 0.25) is 5.91 Å². The SMILES string of the molecule is CS(=O)(=O)c1ccc2nc(NC(=O)CCc3csc4nc(-c5ccc(Cl)cc5)cn34)sc2c1. The Labute approximate surface area is 202 Å². The average molecular weight is 517 g/mol. The van der Waals surface area contributed by atoms with Crippen molar-refractivity contribution in [3.05, 3.63) is 64.8 Å². The Morgan fingerprint density at radius 1 is 1.15 bits per heavy atom. The zero-order valence-electron chi connectivity index (χ0n) is 17.3. The Kier molecular flexibility index (Phi) is 5.69. The largest absolute Gasteiger partial charge is 0.302 e. The predicted molar refractivity (Wildman–Crippen MR) is 133 cm³/mol. The van der Waals surface area contributed by atoms with E-state index >= 15 is 0 Å². The molecule has 168 valence electrons. The molecule has 1 N–H and O–H groups in total. The number of aromatic nitrogens is 3. The smallest absolute Gasteiger partial charge is 0.226 e. The minimum Gasteiger partial charge on any atom is -0.302 e. The number of sulfone groups is 1. The van der Waals surface area contributed by atoms with Crippen LogP contribution in [-0.4, -0.2) is 34.9 Å². The van der Waals surface area contributed by atoms with Crippen LogP contribution in [0.3, 0.4) is 0 Å². The highest BCUT2D eigenvalue weighted by Crippen LogP contribution is 2.29. The first-order valence-corrected chi connectivity index (χ1v) is 13.8. The van der Waals surface area contributed by atoms with Crippen molar-refractivity contribution in [2.75, 3.05) is 11.6 Å². The van der Waals surface area contributed by atoms with Crippen LogP contribution in [0.2, 0.25) is 5.02 Å². The number of aryl methyl sites for hydroxylation is 1. The van der Waals surface area contributed by atoms with Gasteiger partial charge in [-0.05, 0) is 36.8 Å². The van der Waals surface area contributed by atoms with E-state index in [0.717, 1.165) is 28.2 Å². The minimum absolute atomic E-state index is 0.158. The highest BCUT2D eigenvalue weighted by Gasteiger charge is 2.14. The fourth-order valence-corrected chi connectivity index (χ4v) is 6.06. The maximum Gasteiger partial charge on any atom is 0.226 e. The number of anilines is 1. The van der Waals surface area contributed by atoms with Crippen LogP contribution in [0.25, 0.3) is 26.4 Å². The van der Waals surface area contributed by atoms with Crippen LogP contribution in [-0.2, 0) is 21.1 Å². The van der Waals surface area contributed by atoms with Crippen molar-refractivity contribution in [1.82, 2.24) is 14.4 Å². The van der Waals surface area contributed by atoms with Gasteiger partial charge in [0.25, 0.3) is 0 Å². The van der Waals surface area contributed by atoms with E-state index < -0.39 is 9.84 Å². The lowest BCUT2D eigenvalue weighted by molar-refractivity contribution is -0.116. The van der Waals surface area contributed by atoms with Crippen molar-refractivity contribution < 1.29 is 13.2 Å². The summed E-state index contributed by atoms with van der Waals surface area (Å²) >= 11 is 8.75. The van der Waals surface area contributed by atoms with Crippen LogP contribution >= 0.6 is 34.3 Å². The van der Waals surface area contributed by atoms with Crippen LogP contribution in [0.4, 0.5) is 5.13 Å². The number of nitrogens with one attached hydrogen (secondary N) is 1. The molecular weight excluding hydrogens is 500 g/mol. The van der Waals surface area contributed by atoms with E-state index in [1.54, 1.807) is 12.1 Å². The zero-order valence-corrected chi connectivity index (χ0v) is 20.5. The van der Waals surface area contributed by atoms with Crippen LogP contribution in [0.1, 0.15) is 12.1 Å². The number of hydrogen-bond donors (Lipinski definition) is 1. The molecule has 0 fully saturated rings. The maximum absolute atomic E-state index is 12.5. The van der Waals surface area contributed by atoms with Crippen LogP contribution in [0, 0.1) is 0 Å². The molecule has 0 spiro atoms. The van der Waals surface area contributed by atoms with Gasteiger partial charge in [-0.2, -0.15) is 0 Å². The molecule has 3 aromatic heterocycles. The number of imidazole rings is 1. The van der Waals surface area contributed by atoms with Crippen LogP contribution in [0.5, 0.6) is 0 Å². The summed E-state index contributed by atoms with van der Waals surface area (Å²) in [6.45, 7) is 0. The molecule has 0 saturated heterocycles. The van der Waals surface area contributed by atoms with E-state index in [-0.39, 0.29) is 17.2 Å². The molecular formula is C22H17ClN4O3S3. The van der Waals surface area contributed by atoms with Gasteiger partial charge in [0.1, 0.15) is 0 Å². The normalized spacial score (nSPS) is 11.9. The van der Waals surface area contributed by atoms with Gasteiger partial charge in [-0.15, -0.1) is 11.3 Å². The van der Waals surface area contributed by atoms with E-state index in [4.69, 9.17) is 11.6 Å². The summed E-state index contributed by atoms with van der Waals surface area (Å²) in [7, 11) is -3.30. The van der Waals surface area contributed by atoms with Gasteiger partial charge in [-0.25, -0.2) is 18.4 Å². The lowest BCUT2D eigenvalue weighted by Gasteiger charge is -2.01. The van der Waals surface area contributed by atoms with Crippen LogP contribution < -0.4 is 5.32 Å². The topological polar surface area (TPSA) is 93.4 Å². The van der Waals surface area contributed by atoms with Crippen molar-refractivity contribution in [3.8, 4) is 11.3 Å². The Hall–Kier alpha value is -2.79. The summed E-state index contributed by atoms with van der Waals surface area (Å²) < 4.78 is 26.2. The van der Waals surface area contributed by atoms with E-state index in [1.807, 2.05) is 40.2 Å². The first kappa shape index (κ1) is 22.0. The maximum atomic E-state index is 12.5. The fourth-order valence-electron chi connectivity index (χ4n) is 3.38. The summed E-state index contributed by atoms with van der Waals surface area (Å²) in [6.07, 6.45) is 3.96. The molecule has 2 aromatic carbocycles. The Balaban J connectivity index is 1.27. The van der Waals surface area contributed by atoms with Gasteiger partial charge < -0.3 is 5.32 Å². The summed E-state index contributed by atoms with van der Waals surface area (Å²) in [4.78, 5) is 22.7. The molecule has 33 heavy (non-hydrogen) atoms. The van der Waals surface area contributed by atoms with Gasteiger partial charge in [0.15, 0.2) is 19.9 Å². The third-order valence-corrected chi connectivity index (χ3v) is 8.25. The highest BCUT2D eigenvalue weighted by atomic mass is 35.5. The molecule has 3 heterocycles. The average Bonchev–Trinajstić information content (AvgIpc) is 3.45. The number of thiazole rings is 2. The quantitative estimate of drug-likeness (QED) is 0.330. The molecule has 11 heteroatoms. The molecule has 0 aliphatic carbocycles. The van der Waals surface area contributed by atoms with Crippen molar-refractivity contribution >= 4 is 70.3 Å². The summed E-state index contributed by atoms with van der Waals surface area (Å²) in [5.41, 5.74) is 3.48. The summed E-state index contributed by atoms with van der Waals surface area (Å²) in [5, 5.41) is 5.95. The van der Waals surface area contributed by atoms with E-state index in [2.05, 4.69) is 15.3 Å². The molecule has 0 aliphatic heterocycles. The van der Waals surface area contributed by atoms with Gasteiger partial charge in [0, 0.05) is 40.5 Å². The molecule has 0 unspecified atom stereocenters. The number of benzene rings is 2. The van der Waals surface area contributed by atoms with Crippen LogP contribution in [0.15, 0.2) is 58.9 Å². The van der Waals surface area contributed by atoms with Gasteiger partial charge in [-0.3, -0.25) is 9.20 Å². The lowest BCUT2D eigenvalue weighted by atomic mass is 10.2. The molecule has 7 nitrogen and oxygen atoms in total. The number of halogens is 1. The molecule has 5 rings (SSSR count). The number of hydrogen-bond acceptors (Lipinski definition) is 7. The second kappa shape index (κ2) is 8.53. The Morgan fingerprint density at radius 3 is 2.70 bits per heavy atom. The molecule has 0 bridgehead atoms. The molecule has 1 amide bonds. The summed E-state index contributed by atoms with van der Waals surface area (Å²) in [5.74, 6) is -0.158. The molecule has 5 aromatic rings. The predicted octanol–water partition coefficient (Wildman–Crippen LogP) is 5.30. The molecule has 0 atom stereocenters. The van der Waals surface area contributed by atoms with Gasteiger partial charge in [0.05, 0.1) is 20.8 Å². The van der Waals surface area contributed by atoms with Crippen molar-refractivity contribution in [2.24, 2.45) is 0 Å². The first-order valence-electron chi connectivity index (χ1n) is 9.88. The van der Waals surface area contributed by atoms with E-state index in [1.165, 1.54) is 28.7 Å². The van der Waals surface area contributed by atoms with Gasteiger partial charge >= 0.3 is 0 Å². The zero-order chi connectivity index (χ0) is 23.2. The number of carbonyl (C=O) groups excluding carboxylic acids is 1. The fraction of sp³-hybridized carbons (Fsp3) is 0.136. The van der Waals surface area contributed by atoms with Crippen molar-refractivity contribution in [2.45, 2.75) is 17.7 Å². The third-order valence-electron chi connectivity index (χ3n) is 5.07. The lowest BCUT2D eigenvalue weighted by Crippen LogP contribution is -2.12. The number of nitrogens with zero attached hydrogens (tertiary/aromatic N) is 3. The molecule has 0 aliphatic rings. The Morgan fingerprint density at radius 2 is 1.94 bits per heavy atom. The summed E-state index contributed by atoms with van der Waals surface area (Å²) in [6, 6.07) is 12.3. The number of amides is 1. The first-order chi connectivity index (χ1) is 15.8. The minimum atomic E-state index is -3.30. The van der Waals surface area contributed by atoms with E-state index in [0.29, 0.717) is 26.8 Å². The number of rotatable bonds is 6. The van der Waals surface area contributed by atoms with Crippen molar-refractivity contribution in [1.29, 1.82) is 0 Å². The van der Waals surface area contributed by atoms with Gasteiger partial charge in [-0.1, -0.05) is 35.1 Å². The highest BCUT2D eigenvalue weighted by molar-refractivity contribution is 7.90. The monoisotopic (exact) mass is 516 g/mol. The number of fused-ring (bicyclic) bond motifs is 2.